The molecule has 4 heteroatoms. The van der Waals surface area contributed by atoms with Gasteiger partial charge in [0.15, 0.2) is 0 Å². The Balaban J connectivity index is 2.19. The van der Waals surface area contributed by atoms with Crippen molar-refractivity contribution < 1.29 is 19.3 Å². The molecule has 1 aromatic rings. The molecule has 0 saturated heterocycles. The number of aliphatic hydroxyl groups is 1. The summed E-state index contributed by atoms with van der Waals surface area (Å²) in [5.74, 6) is 1.65. The number of benzene rings is 1. The first kappa shape index (κ1) is 15.1. The Morgan fingerprint density at radius 1 is 1.45 bits per heavy atom. The van der Waals surface area contributed by atoms with Crippen molar-refractivity contribution in [2.24, 2.45) is 0 Å². The van der Waals surface area contributed by atoms with Crippen LogP contribution < -0.4 is 9.47 Å². The fraction of sp³-hybridized carbons (Fsp3) is 0.625. The fourth-order valence-electron chi connectivity index (χ4n) is 2.57. The second-order valence-electron chi connectivity index (χ2n) is 5.21. The molecule has 2 rings (SSSR count). The molecule has 0 bridgehead atoms. The monoisotopic (exact) mass is 280 g/mol. The predicted octanol–water partition coefficient (Wildman–Crippen LogP) is 2.87. The molecule has 1 aliphatic rings. The van der Waals surface area contributed by atoms with Crippen molar-refractivity contribution in [3.63, 3.8) is 0 Å². The van der Waals surface area contributed by atoms with Crippen LogP contribution in [0.2, 0.25) is 0 Å². The maximum atomic E-state index is 10.4. The van der Waals surface area contributed by atoms with Crippen LogP contribution in [-0.4, -0.2) is 31.5 Å². The van der Waals surface area contributed by atoms with Gasteiger partial charge in [0.25, 0.3) is 0 Å². The van der Waals surface area contributed by atoms with E-state index in [2.05, 4.69) is 6.92 Å². The summed E-state index contributed by atoms with van der Waals surface area (Å²) < 4.78 is 16.5. The van der Waals surface area contributed by atoms with E-state index in [0.717, 1.165) is 35.5 Å². The van der Waals surface area contributed by atoms with Gasteiger partial charge in [0.2, 0.25) is 0 Å². The number of hydrogen-bond acceptors (Lipinski definition) is 4. The lowest BCUT2D eigenvalue weighted by Crippen LogP contribution is -2.05. The summed E-state index contributed by atoms with van der Waals surface area (Å²) in [4.78, 5) is 0. The molecule has 1 N–H and O–H groups in total. The van der Waals surface area contributed by atoms with E-state index in [4.69, 9.17) is 14.2 Å². The molecule has 1 aromatic carbocycles. The number of hydrogen-bond donors (Lipinski definition) is 1. The number of rotatable bonds is 7. The van der Waals surface area contributed by atoms with Gasteiger partial charge in [0.05, 0.1) is 12.7 Å². The van der Waals surface area contributed by atoms with Gasteiger partial charge >= 0.3 is 0 Å². The highest BCUT2D eigenvalue weighted by molar-refractivity contribution is 5.49. The topological polar surface area (TPSA) is 47.9 Å². The van der Waals surface area contributed by atoms with E-state index in [1.165, 1.54) is 0 Å². The first-order valence-electron chi connectivity index (χ1n) is 7.29. The molecule has 0 fully saturated rings. The highest BCUT2D eigenvalue weighted by Gasteiger charge is 2.24. The third kappa shape index (κ3) is 3.44. The second kappa shape index (κ2) is 6.95. The van der Waals surface area contributed by atoms with Crippen molar-refractivity contribution in [3.8, 4) is 11.5 Å². The smallest absolute Gasteiger partial charge is 0.125 e. The van der Waals surface area contributed by atoms with E-state index in [1.54, 1.807) is 7.11 Å². The molecule has 0 radical (unpaired) electrons. The molecular formula is C16H24O4. The Kier molecular flexibility index (Phi) is 5.26. The molecule has 0 aromatic heterocycles. The minimum atomic E-state index is -0.545. The lowest BCUT2D eigenvalue weighted by molar-refractivity contribution is 0.133. The maximum Gasteiger partial charge on any atom is 0.125 e. The van der Waals surface area contributed by atoms with Crippen molar-refractivity contribution in [2.45, 2.75) is 45.3 Å². The van der Waals surface area contributed by atoms with Gasteiger partial charge in [-0.2, -0.15) is 0 Å². The summed E-state index contributed by atoms with van der Waals surface area (Å²) in [7, 11) is 1.67. The Labute approximate surface area is 120 Å². The van der Waals surface area contributed by atoms with Gasteiger partial charge in [0.1, 0.15) is 17.6 Å². The molecule has 112 valence electrons. The Morgan fingerprint density at radius 2 is 2.25 bits per heavy atom. The van der Waals surface area contributed by atoms with Gasteiger partial charge in [-0.25, -0.2) is 0 Å². The first-order valence-corrected chi connectivity index (χ1v) is 7.29. The molecule has 0 spiro atoms. The third-order valence-electron chi connectivity index (χ3n) is 3.51. The normalized spacial score (nSPS) is 18.5. The Bertz CT molecular complexity index is 444. The molecule has 0 amide bonds. The quantitative estimate of drug-likeness (QED) is 0.780. The van der Waals surface area contributed by atoms with Gasteiger partial charge < -0.3 is 19.3 Å². The van der Waals surface area contributed by atoms with E-state index in [-0.39, 0.29) is 6.10 Å². The molecule has 2 unspecified atom stereocenters. The minimum absolute atomic E-state index is 0.195. The zero-order chi connectivity index (χ0) is 14.5. The van der Waals surface area contributed by atoms with Crippen molar-refractivity contribution in [3.05, 3.63) is 23.3 Å². The molecule has 0 saturated carbocycles. The number of fused-ring (bicyclic) bond motifs is 1. The number of methoxy groups -OCH3 is 1. The average Bonchev–Trinajstić information content (AvgIpc) is 2.77. The first-order chi connectivity index (χ1) is 9.65. The summed E-state index contributed by atoms with van der Waals surface area (Å²) in [6.07, 6.45) is 2.02. The van der Waals surface area contributed by atoms with Crippen LogP contribution >= 0.6 is 0 Å². The van der Waals surface area contributed by atoms with Crippen LogP contribution in [0.4, 0.5) is 0 Å². The summed E-state index contributed by atoms with van der Waals surface area (Å²) in [6, 6.07) is 3.94. The van der Waals surface area contributed by atoms with E-state index in [1.807, 2.05) is 19.1 Å². The van der Waals surface area contributed by atoms with Crippen LogP contribution in [0.5, 0.6) is 11.5 Å². The molecule has 0 aliphatic carbocycles. The van der Waals surface area contributed by atoms with Gasteiger partial charge in [-0.1, -0.05) is 0 Å². The van der Waals surface area contributed by atoms with Crippen molar-refractivity contribution in [1.82, 2.24) is 0 Å². The Morgan fingerprint density at radius 3 is 2.95 bits per heavy atom. The largest absolute Gasteiger partial charge is 0.493 e. The zero-order valence-corrected chi connectivity index (χ0v) is 12.5. The average molecular weight is 280 g/mol. The van der Waals surface area contributed by atoms with Gasteiger partial charge in [-0.3, -0.25) is 0 Å². The lowest BCUT2D eigenvalue weighted by atomic mass is 10.00. The van der Waals surface area contributed by atoms with Crippen LogP contribution in [0.3, 0.4) is 0 Å². The van der Waals surface area contributed by atoms with Crippen LogP contribution in [0.15, 0.2) is 12.1 Å². The molecule has 4 nitrogen and oxygen atoms in total. The standard InChI is InChI=1S/C16H24O4/c1-4-19-16-9-12-8-11(2)20-15(12)10-13(16)14(17)6-5-7-18-3/h9-11,14,17H,4-8H2,1-3H3. The van der Waals surface area contributed by atoms with E-state index in [0.29, 0.717) is 19.6 Å². The number of ether oxygens (including phenoxy) is 3. The molecule has 1 heterocycles. The molecule has 1 aliphatic heterocycles. The van der Waals surface area contributed by atoms with Crippen molar-refractivity contribution in [1.29, 1.82) is 0 Å². The lowest BCUT2D eigenvalue weighted by Gasteiger charge is -2.17. The Hall–Kier alpha value is -1.26. The molecule has 2 atom stereocenters. The summed E-state index contributed by atoms with van der Waals surface area (Å²) in [5, 5.41) is 10.4. The van der Waals surface area contributed by atoms with Crippen LogP contribution in [-0.2, 0) is 11.2 Å². The number of aliphatic hydroxyl groups excluding tert-OH is 1. The van der Waals surface area contributed by atoms with Crippen LogP contribution in [0.25, 0.3) is 0 Å². The summed E-state index contributed by atoms with van der Waals surface area (Å²) in [5.41, 5.74) is 1.98. The SMILES string of the molecule is CCOc1cc2c(cc1C(O)CCCOC)OC(C)C2. The molecule has 20 heavy (non-hydrogen) atoms. The van der Waals surface area contributed by atoms with Crippen molar-refractivity contribution in [2.75, 3.05) is 20.3 Å². The van der Waals surface area contributed by atoms with E-state index < -0.39 is 6.10 Å². The third-order valence-corrected chi connectivity index (χ3v) is 3.51. The minimum Gasteiger partial charge on any atom is -0.493 e. The van der Waals surface area contributed by atoms with Gasteiger partial charge in [-0.05, 0) is 38.8 Å². The van der Waals surface area contributed by atoms with Crippen LogP contribution in [0, 0.1) is 0 Å². The van der Waals surface area contributed by atoms with E-state index in [9.17, 15) is 5.11 Å². The zero-order valence-electron chi connectivity index (χ0n) is 12.5. The van der Waals surface area contributed by atoms with Crippen molar-refractivity contribution >= 4 is 0 Å². The highest BCUT2D eigenvalue weighted by Crippen LogP contribution is 2.38. The van der Waals surface area contributed by atoms with Gasteiger partial charge in [-0.15, -0.1) is 0 Å². The molecular weight excluding hydrogens is 256 g/mol. The van der Waals surface area contributed by atoms with Crippen LogP contribution in [0.1, 0.15) is 43.9 Å². The van der Waals surface area contributed by atoms with E-state index >= 15 is 0 Å². The summed E-state index contributed by atoms with van der Waals surface area (Å²) in [6.45, 7) is 5.25. The fourth-order valence-corrected chi connectivity index (χ4v) is 2.57. The summed E-state index contributed by atoms with van der Waals surface area (Å²) >= 11 is 0. The second-order valence-corrected chi connectivity index (χ2v) is 5.21. The van der Waals surface area contributed by atoms with Gasteiger partial charge in [0, 0.05) is 31.3 Å². The maximum absolute atomic E-state index is 10.4. The highest BCUT2D eigenvalue weighted by atomic mass is 16.5. The predicted molar refractivity (Wildman–Crippen MR) is 77.5 cm³/mol.